The molecule has 118 valence electrons. The highest BCUT2D eigenvalue weighted by atomic mass is 16.4. The third-order valence-electron chi connectivity index (χ3n) is 3.61. The Morgan fingerprint density at radius 2 is 2.13 bits per heavy atom. The van der Waals surface area contributed by atoms with Crippen LogP contribution in [0.2, 0.25) is 0 Å². The minimum atomic E-state index is -1.10. The van der Waals surface area contributed by atoms with Crippen molar-refractivity contribution in [3.8, 4) is 5.69 Å². The molecule has 3 aromatic rings. The van der Waals surface area contributed by atoms with E-state index in [0.29, 0.717) is 22.5 Å². The topological polar surface area (TPSA) is 130 Å². The number of hydrogen-bond acceptors (Lipinski definition) is 5. The van der Waals surface area contributed by atoms with Crippen molar-refractivity contribution in [2.75, 3.05) is 17.7 Å². The van der Waals surface area contributed by atoms with E-state index in [9.17, 15) is 9.59 Å². The highest BCUT2D eigenvalue weighted by molar-refractivity contribution is 5.87. The van der Waals surface area contributed by atoms with Gasteiger partial charge in [0.25, 0.3) is 0 Å². The van der Waals surface area contributed by atoms with Gasteiger partial charge < -0.3 is 15.8 Å². The molecule has 0 aliphatic rings. The number of fused-ring (bicyclic) bond motifs is 1. The van der Waals surface area contributed by atoms with Gasteiger partial charge in [0.1, 0.15) is 11.8 Å². The number of amides is 1. The van der Waals surface area contributed by atoms with Crippen LogP contribution in [0, 0.1) is 6.92 Å². The van der Waals surface area contributed by atoms with Crippen LogP contribution in [0.5, 0.6) is 0 Å². The highest BCUT2D eigenvalue weighted by Crippen LogP contribution is 2.24. The molecule has 0 aliphatic carbocycles. The number of hydrogen-bond donors (Lipinski definition) is 3. The molecular weight excluding hydrogens is 300 g/mol. The molecule has 0 saturated heterocycles. The summed E-state index contributed by atoms with van der Waals surface area (Å²) in [5, 5.41) is 9.10. The average molecular weight is 314 g/mol. The molecule has 0 atom stereocenters. The van der Waals surface area contributed by atoms with E-state index in [1.165, 1.54) is 17.9 Å². The lowest BCUT2D eigenvalue weighted by Gasteiger charge is -2.16. The lowest BCUT2D eigenvalue weighted by molar-refractivity contribution is 0.203. The monoisotopic (exact) mass is 314 g/mol. The largest absolute Gasteiger partial charge is 0.465 e. The molecule has 2 heterocycles. The fourth-order valence-corrected chi connectivity index (χ4v) is 2.32. The Kier molecular flexibility index (Phi) is 3.25. The Morgan fingerprint density at radius 3 is 2.83 bits per heavy atom. The number of imidazole rings is 1. The van der Waals surface area contributed by atoms with E-state index < -0.39 is 11.8 Å². The van der Waals surface area contributed by atoms with E-state index >= 15 is 0 Å². The lowest BCUT2D eigenvalue weighted by Crippen LogP contribution is -2.24. The Hall–Kier alpha value is -3.36. The second-order valence-electron chi connectivity index (χ2n) is 5.04. The first-order chi connectivity index (χ1) is 10.9. The molecule has 2 aromatic heterocycles. The van der Waals surface area contributed by atoms with Gasteiger partial charge in [-0.15, -0.1) is 0 Å². The first kappa shape index (κ1) is 14.6. The number of anilines is 2. The van der Waals surface area contributed by atoms with Crippen LogP contribution in [-0.4, -0.2) is 37.8 Å². The normalized spacial score (nSPS) is 10.9. The molecule has 0 saturated carbocycles. The van der Waals surface area contributed by atoms with Crippen molar-refractivity contribution in [3.05, 3.63) is 40.6 Å². The Morgan fingerprint density at radius 1 is 1.39 bits per heavy atom. The average Bonchev–Trinajstić information content (AvgIpc) is 2.85. The maximum Gasteiger partial charge on any atom is 0.411 e. The number of rotatable bonds is 2. The SMILES string of the molecule is Cc1ccc(N(C)C(=O)O)cc1-n1c(=O)[nH]c2c(N)ncnc21. The molecule has 9 nitrogen and oxygen atoms in total. The van der Waals surface area contributed by atoms with Crippen molar-refractivity contribution < 1.29 is 9.90 Å². The number of aryl methyl sites for hydroxylation is 1. The molecular formula is C14H14N6O3. The summed E-state index contributed by atoms with van der Waals surface area (Å²) in [4.78, 5) is 35.1. The van der Waals surface area contributed by atoms with Crippen molar-refractivity contribution in [2.24, 2.45) is 0 Å². The number of aromatic amines is 1. The molecule has 23 heavy (non-hydrogen) atoms. The number of H-pyrrole nitrogens is 1. The number of aromatic nitrogens is 4. The van der Waals surface area contributed by atoms with E-state index in [-0.39, 0.29) is 5.82 Å². The number of nitrogens with zero attached hydrogens (tertiary/aromatic N) is 4. The van der Waals surface area contributed by atoms with Crippen LogP contribution < -0.4 is 16.3 Å². The predicted octanol–water partition coefficient (Wildman–Crippen LogP) is 1.11. The van der Waals surface area contributed by atoms with E-state index in [4.69, 9.17) is 10.8 Å². The summed E-state index contributed by atoms with van der Waals surface area (Å²) in [6, 6.07) is 5.01. The van der Waals surface area contributed by atoms with Gasteiger partial charge in [-0.25, -0.2) is 24.1 Å². The lowest BCUT2D eigenvalue weighted by atomic mass is 10.1. The number of carboxylic acid groups (broad SMARTS) is 1. The van der Waals surface area contributed by atoms with Gasteiger partial charge in [-0.3, -0.25) is 4.90 Å². The van der Waals surface area contributed by atoms with Gasteiger partial charge in [-0.1, -0.05) is 6.07 Å². The van der Waals surface area contributed by atoms with Gasteiger partial charge in [0.15, 0.2) is 11.5 Å². The fraction of sp³-hybridized carbons (Fsp3) is 0.143. The number of carbonyl (C=O) groups is 1. The summed E-state index contributed by atoms with van der Waals surface area (Å²) in [5.41, 5.74) is 7.74. The number of benzene rings is 1. The molecule has 0 unspecified atom stereocenters. The van der Waals surface area contributed by atoms with Crippen LogP contribution in [0.15, 0.2) is 29.3 Å². The van der Waals surface area contributed by atoms with Crippen molar-refractivity contribution in [1.29, 1.82) is 0 Å². The van der Waals surface area contributed by atoms with Crippen LogP contribution in [0.3, 0.4) is 0 Å². The van der Waals surface area contributed by atoms with Gasteiger partial charge in [0, 0.05) is 12.7 Å². The van der Waals surface area contributed by atoms with Crippen LogP contribution in [0.4, 0.5) is 16.3 Å². The van der Waals surface area contributed by atoms with E-state index in [1.54, 1.807) is 18.2 Å². The molecule has 1 aromatic carbocycles. The zero-order valence-electron chi connectivity index (χ0n) is 12.4. The number of nitrogens with two attached hydrogens (primary N) is 1. The standard InChI is InChI=1S/C14H14N6O3/c1-7-3-4-8(19(2)14(22)23)5-9(7)20-12-10(18-13(20)21)11(15)16-6-17-12/h3-6H,1-2H3,(H,18,21)(H,22,23)(H2,15,16,17). The Labute approximate surface area is 130 Å². The predicted molar refractivity (Wildman–Crippen MR) is 85.1 cm³/mol. The summed E-state index contributed by atoms with van der Waals surface area (Å²) < 4.78 is 1.35. The molecule has 0 spiro atoms. The third-order valence-corrected chi connectivity index (χ3v) is 3.61. The van der Waals surface area contributed by atoms with Crippen molar-refractivity contribution >= 4 is 28.8 Å². The highest BCUT2D eigenvalue weighted by Gasteiger charge is 2.16. The van der Waals surface area contributed by atoms with Crippen molar-refractivity contribution in [1.82, 2.24) is 19.5 Å². The van der Waals surface area contributed by atoms with Crippen LogP contribution in [0.1, 0.15) is 5.56 Å². The minimum absolute atomic E-state index is 0.169. The second-order valence-corrected chi connectivity index (χ2v) is 5.04. The van der Waals surface area contributed by atoms with E-state index in [2.05, 4.69) is 15.0 Å². The molecule has 0 bridgehead atoms. The summed E-state index contributed by atoms with van der Waals surface area (Å²) >= 11 is 0. The minimum Gasteiger partial charge on any atom is -0.465 e. The number of nitrogen functional groups attached to an aromatic ring is 1. The number of nitrogens with one attached hydrogen (secondary N) is 1. The molecule has 0 radical (unpaired) electrons. The Balaban J connectivity index is 2.29. The zero-order chi connectivity index (χ0) is 16.7. The maximum atomic E-state index is 12.3. The van der Waals surface area contributed by atoms with Crippen molar-refractivity contribution in [3.63, 3.8) is 0 Å². The maximum absolute atomic E-state index is 12.3. The molecule has 0 aliphatic heterocycles. The smallest absolute Gasteiger partial charge is 0.411 e. The van der Waals surface area contributed by atoms with Gasteiger partial charge in [-0.2, -0.15) is 0 Å². The molecule has 1 amide bonds. The quantitative estimate of drug-likeness (QED) is 0.649. The first-order valence-electron chi connectivity index (χ1n) is 6.69. The van der Waals surface area contributed by atoms with Gasteiger partial charge >= 0.3 is 11.8 Å². The summed E-state index contributed by atoms with van der Waals surface area (Å²) in [7, 11) is 1.43. The van der Waals surface area contributed by atoms with Gasteiger partial charge in [-0.05, 0) is 24.6 Å². The van der Waals surface area contributed by atoms with Gasteiger partial charge in [0.2, 0.25) is 0 Å². The van der Waals surface area contributed by atoms with Gasteiger partial charge in [0.05, 0.1) is 5.69 Å². The molecule has 9 heteroatoms. The van der Waals surface area contributed by atoms with E-state index in [1.807, 2.05) is 6.92 Å². The molecule has 0 fully saturated rings. The van der Waals surface area contributed by atoms with E-state index in [0.717, 1.165) is 10.5 Å². The third kappa shape index (κ3) is 2.27. The molecule has 3 rings (SSSR count). The first-order valence-corrected chi connectivity index (χ1v) is 6.69. The zero-order valence-corrected chi connectivity index (χ0v) is 12.4. The summed E-state index contributed by atoms with van der Waals surface area (Å²) in [6.45, 7) is 1.82. The van der Waals surface area contributed by atoms with Crippen LogP contribution >= 0.6 is 0 Å². The van der Waals surface area contributed by atoms with Crippen LogP contribution in [0.25, 0.3) is 16.9 Å². The summed E-state index contributed by atoms with van der Waals surface area (Å²) in [6.07, 6.45) is 0.168. The van der Waals surface area contributed by atoms with Crippen LogP contribution in [-0.2, 0) is 0 Å². The molecule has 4 N–H and O–H groups in total. The Bertz CT molecular complexity index is 974. The second kappa shape index (κ2) is 5.13. The summed E-state index contributed by atoms with van der Waals surface area (Å²) in [5.74, 6) is 0.169. The van der Waals surface area contributed by atoms with Crippen molar-refractivity contribution in [2.45, 2.75) is 6.92 Å². The fourth-order valence-electron chi connectivity index (χ4n) is 2.32.